The largest absolute Gasteiger partial charge is 0.325 e. The van der Waals surface area contributed by atoms with Crippen molar-refractivity contribution >= 4 is 37.5 Å². The molecule has 1 aromatic rings. The topological polar surface area (TPSA) is 66.5 Å². The van der Waals surface area contributed by atoms with E-state index in [0.717, 1.165) is 35.7 Å². The van der Waals surface area contributed by atoms with Crippen LogP contribution in [0.2, 0.25) is 0 Å². The van der Waals surface area contributed by atoms with Gasteiger partial charge in [0.15, 0.2) is 0 Å². The zero-order valence-electron chi connectivity index (χ0n) is 12.8. The Labute approximate surface area is 140 Å². The van der Waals surface area contributed by atoms with Crippen molar-refractivity contribution in [2.45, 2.75) is 38.6 Å². The molecule has 1 saturated carbocycles. The monoisotopic (exact) mass is 388 g/mol. The van der Waals surface area contributed by atoms with E-state index in [4.69, 9.17) is 0 Å². The molecule has 0 aromatic heterocycles. The smallest absolute Gasteiger partial charge is 0.239 e. The summed E-state index contributed by atoms with van der Waals surface area (Å²) in [6, 6.07) is 5.50. The Morgan fingerprint density at radius 3 is 2.55 bits per heavy atom. The molecule has 1 fully saturated rings. The van der Waals surface area contributed by atoms with Crippen molar-refractivity contribution in [2.24, 2.45) is 0 Å². The molecule has 0 heterocycles. The van der Waals surface area contributed by atoms with Crippen molar-refractivity contribution in [3.8, 4) is 0 Å². The van der Waals surface area contributed by atoms with Crippen LogP contribution in [0.15, 0.2) is 22.7 Å². The number of benzene rings is 1. The number of amides is 1. The Bertz CT molecular complexity index is 655. The van der Waals surface area contributed by atoms with Gasteiger partial charge in [-0.15, -0.1) is 0 Å². The molecule has 1 aromatic carbocycles. The van der Waals surface area contributed by atoms with E-state index in [2.05, 4.69) is 21.2 Å². The van der Waals surface area contributed by atoms with Crippen LogP contribution in [0, 0.1) is 6.92 Å². The molecule has 0 unspecified atom stereocenters. The average molecular weight is 389 g/mol. The lowest BCUT2D eigenvalue weighted by atomic mass is 10.2. The number of aryl methyl sites for hydroxylation is 1. The highest BCUT2D eigenvalue weighted by Gasteiger charge is 2.30. The summed E-state index contributed by atoms with van der Waals surface area (Å²) in [5.74, 6) is -0.303. The molecule has 1 aliphatic carbocycles. The number of carbonyl (C=O) groups is 1. The standard InChI is InChI=1S/C15H21BrN2O3S/c1-11-9-12(16)7-8-14(11)17-15(19)10-18(22(2,20)21)13-5-3-4-6-13/h7-9,13H,3-6,10H2,1-2H3,(H,17,19). The molecule has 122 valence electrons. The minimum absolute atomic E-state index is 0.0493. The maximum Gasteiger partial charge on any atom is 0.239 e. The van der Waals surface area contributed by atoms with Crippen molar-refractivity contribution in [3.63, 3.8) is 0 Å². The van der Waals surface area contributed by atoms with E-state index >= 15 is 0 Å². The number of hydrogen-bond acceptors (Lipinski definition) is 3. The molecule has 22 heavy (non-hydrogen) atoms. The summed E-state index contributed by atoms with van der Waals surface area (Å²) in [5, 5.41) is 2.80. The Hall–Kier alpha value is -0.920. The van der Waals surface area contributed by atoms with Crippen molar-refractivity contribution in [2.75, 3.05) is 18.1 Å². The first kappa shape index (κ1) is 17.4. The van der Waals surface area contributed by atoms with Gasteiger partial charge < -0.3 is 5.32 Å². The van der Waals surface area contributed by atoms with Crippen LogP contribution in [0.4, 0.5) is 5.69 Å². The van der Waals surface area contributed by atoms with Crippen LogP contribution in [0.1, 0.15) is 31.2 Å². The third kappa shape index (κ3) is 4.54. The highest BCUT2D eigenvalue weighted by atomic mass is 79.9. The second kappa shape index (κ2) is 7.10. The van der Waals surface area contributed by atoms with Gasteiger partial charge in [-0.1, -0.05) is 28.8 Å². The SMILES string of the molecule is Cc1cc(Br)ccc1NC(=O)CN(C1CCCC1)S(C)(=O)=O. The van der Waals surface area contributed by atoms with Gasteiger partial charge in [-0.2, -0.15) is 4.31 Å². The predicted octanol–water partition coefficient (Wildman–Crippen LogP) is 2.90. The summed E-state index contributed by atoms with van der Waals surface area (Å²) in [6.07, 6.45) is 4.87. The van der Waals surface area contributed by atoms with Crippen molar-refractivity contribution in [1.82, 2.24) is 4.31 Å². The van der Waals surface area contributed by atoms with Gasteiger partial charge in [0.2, 0.25) is 15.9 Å². The summed E-state index contributed by atoms with van der Waals surface area (Å²) >= 11 is 3.37. The zero-order chi connectivity index (χ0) is 16.3. The predicted molar refractivity (Wildman–Crippen MR) is 91.3 cm³/mol. The van der Waals surface area contributed by atoms with Gasteiger partial charge in [-0.25, -0.2) is 8.42 Å². The normalized spacial score (nSPS) is 16.2. The fourth-order valence-corrected chi connectivity index (χ4v) is 4.39. The van der Waals surface area contributed by atoms with Crippen LogP contribution >= 0.6 is 15.9 Å². The summed E-state index contributed by atoms with van der Waals surface area (Å²) in [6.45, 7) is 1.77. The van der Waals surface area contributed by atoms with Crippen molar-refractivity contribution < 1.29 is 13.2 Å². The number of nitrogens with zero attached hydrogens (tertiary/aromatic N) is 1. The quantitative estimate of drug-likeness (QED) is 0.842. The van der Waals surface area contributed by atoms with Gasteiger partial charge in [-0.3, -0.25) is 4.79 Å². The van der Waals surface area contributed by atoms with Crippen molar-refractivity contribution in [1.29, 1.82) is 0 Å². The minimum atomic E-state index is -3.39. The van der Waals surface area contributed by atoms with E-state index in [1.165, 1.54) is 10.6 Å². The maximum atomic E-state index is 12.2. The molecular weight excluding hydrogens is 368 g/mol. The van der Waals surface area contributed by atoms with E-state index in [9.17, 15) is 13.2 Å². The van der Waals surface area contributed by atoms with Gasteiger partial charge >= 0.3 is 0 Å². The third-order valence-corrected chi connectivity index (χ3v) is 5.69. The van der Waals surface area contributed by atoms with Gasteiger partial charge in [0.25, 0.3) is 0 Å². The van der Waals surface area contributed by atoms with Crippen LogP contribution in [-0.2, 0) is 14.8 Å². The molecule has 1 aliphatic rings. The van der Waals surface area contributed by atoms with Crippen LogP contribution in [-0.4, -0.2) is 37.5 Å². The highest BCUT2D eigenvalue weighted by molar-refractivity contribution is 9.10. The van der Waals surface area contributed by atoms with Crippen LogP contribution in [0.3, 0.4) is 0 Å². The molecule has 5 nitrogen and oxygen atoms in total. The molecule has 2 rings (SSSR count). The third-order valence-electron chi connectivity index (χ3n) is 3.92. The van der Waals surface area contributed by atoms with E-state index in [1.54, 1.807) is 6.07 Å². The summed E-state index contributed by atoms with van der Waals surface area (Å²) in [7, 11) is -3.39. The minimum Gasteiger partial charge on any atom is -0.325 e. The Kier molecular flexibility index (Phi) is 5.63. The fraction of sp³-hybridized carbons (Fsp3) is 0.533. The van der Waals surface area contributed by atoms with Gasteiger partial charge in [0.1, 0.15) is 0 Å². The fourth-order valence-electron chi connectivity index (χ4n) is 2.81. The van der Waals surface area contributed by atoms with E-state index in [1.807, 2.05) is 19.1 Å². The van der Waals surface area contributed by atoms with E-state index < -0.39 is 10.0 Å². The molecular formula is C15H21BrN2O3S. The summed E-state index contributed by atoms with van der Waals surface area (Å²) < 4.78 is 26.2. The first-order valence-electron chi connectivity index (χ1n) is 7.30. The Balaban J connectivity index is 2.08. The second-order valence-electron chi connectivity index (χ2n) is 5.75. The number of sulfonamides is 1. The van der Waals surface area contributed by atoms with E-state index in [-0.39, 0.29) is 18.5 Å². The Morgan fingerprint density at radius 2 is 2.00 bits per heavy atom. The summed E-state index contributed by atoms with van der Waals surface area (Å²) in [4.78, 5) is 12.2. The highest BCUT2D eigenvalue weighted by Crippen LogP contribution is 2.25. The zero-order valence-corrected chi connectivity index (χ0v) is 15.2. The lowest BCUT2D eigenvalue weighted by Gasteiger charge is -2.25. The van der Waals surface area contributed by atoms with Gasteiger partial charge in [0.05, 0.1) is 12.8 Å². The number of nitrogens with one attached hydrogen (secondary N) is 1. The van der Waals surface area contributed by atoms with Gasteiger partial charge in [-0.05, 0) is 43.5 Å². The Morgan fingerprint density at radius 1 is 1.36 bits per heavy atom. The molecule has 1 amide bonds. The average Bonchev–Trinajstić information content (AvgIpc) is 2.91. The number of carbonyl (C=O) groups excluding carboxylic acids is 1. The number of hydrogen-bond donors (Lipinski definition) is 1. The first-order chi connectivity index (χ1) is 10.3. The molecule has 0 aliphatic heterocycles. The lowest BCUT2D eigenvalue weighted by Crippen LogP contribution is -2.43. The molecule has 0 radical (unpaired) electrons. The number of halogens is 1. The van der Waals surface area contributed by atoms with E-state index in [0.29, 0.717) is 5.69 Å². The molecule has 0 atom stereocenters. The molecule has 0 saturated heterocycles. The number of anilines is 1. The lowest BCUT2D eigenvalue weighted by molar-refractivity contribution is -0.116. The summed E-state index contributed by atoms with van der Waals surface area (Å²) in [5.41, 5.74) is 1.63. The van der Waals surface area contributed by atoms with Crippen LogP contribution in [0.25, 0.3) is 0 Å². The second-order valence-corrected chi connectivity index (χ2v) is 8.60. The molecule has 7 heteroatoms. The van der Waals surface area contributed by atoms with Gasteiger partial charge in [0, 0.05) is 16.2 Å². The molecule has 1 N–H and O–H groups in total. The van der Waals surface area contributed by atoms with Crippen LogP contribution in [0.5, 0.6) is 0 Å². The number of rotatable bonds is 5. The molecule has 0 spiro atoms. The first-order valence-corrected chi connectivity index (χ1v) is 9.94. The maximum absolute atomic E-state index is 12.2. The van der Waals surface area contributed by atoms with Crippen LogP contribution < -0.4 is 5.32 Å². The van der Waals surface area contributed by atoms with Crippen molar-refractivity contribution in [3.05, 3.63) is 28.2 Å². The molecule has 0 bridgehead atoms.